The molecule has 0 amide bonds. The monoisotopic (exact) mass is 416 g/mol. The number of methoxy groups -OCH3 is 1. The molecule has 31 heavy (non-hydrogen) atoms. The van der Waals surface area contributed by atoms with Crippen molar-refractivity contribution in [3.63, 3.8) is 0 Å². The summed E-state index contributed by atoms with van der Waals surface area (Å²) in [6.45, 7) is 1.60. The molecule has 2 aromatic carbocycles. The summed E-state index contributed by atoms with van der Waals surface area (Å²) in [6, 6.07) is 18.0. The Kier molecular flexibility index (Phi) is 4.47. The Morgan fingerprint density at radius 3 is 2.32 bits per heavy atom. The van der Waals surface area contributed by atoms with Gasteiger partial charge in [-0.1, -0.05) is 19.1 Å². The fraction of sp³-hybridized carbons (Fsp3) is 0.304. The van der Waals surface area contributed by atoms with E-state index in [9.17, 15) is 20.2 Å². The quantitative estimate of drug-likeness (QED) is 0.808. The molecule has 2 heterocycles. The minimum atomic E-state index is -2.08. The Labute approximate surface area is 178 Å². The minimum Gasteiger partial charge on any atom is -0.497 e. The van der Waals surface area contributed by atoms with Crippen LogP contribution in [0.2, 0.25) is 0 Å². The maximum atomic E-state index is 13.6. The molecule has 4 atom stereocenters. The molecule has 7 nitrogen and oxygen atoms in total. The predicted octanol–water partition coefficient (Wildman–Crippen LogP) is 3.95. The summed E-state index contributed by atoms with van der Waals surface area (Å²) < 4.78 is 31.1. The first kappa shape index (κ1) is 20.3. The van der Waals surface area contributed by atoms with Crippen molar-refractivity contribution in [2.45, 2.75) is 18.8 Å². The molecule has 2 fully saturated rings. The van der Waals surface area contributed by atoms with E-state index in [4.69, 9.17) is 19.6 Å². The summed E-state index contributed by atoms with van der Waals surface area (Å²) in [5.74, 6) is -3.11. The van der Waals surface area contributed by atoms with Crippen LogP contribution >= 0.6 is 0 Å². The van der Waals surface area contributed by atoms with E-state index in [1.54, 1.807) is 31.2 Å². The minimum absolute atomic E-state index is 0.376. The molecular weight excluding hydrogens is 399 g/mol. The smallest absolute Gasteiger partial charge is 0.244 e. The van der Waals surface area contributed by atoms with Gasteiger partial charge in [0.15, 0.2) is 5.41 Å². The molecule has 0 radical (unpaired) electrons. The van der Waals surface area contributed by atoms with Crippen molar-refractivity contribution >= 4 is 5.90 Å². The number of rotatable bonds is 3. The van der Waals surface area contributed by atoms with Crippen LogP contribution < -0.4 is 4.74 Å². The lowest BCUT2D eigenvalue weighted by atomic mass is 9.53. The van der Waals surface area contributed by atoms with E-state index in [0.29, 0.717) is 16.9 Å². The lowest BCUT2D eigenvalue weighted by molar-refractivity contribution is -0.288. The van der Waals surface area contributed by atoms with E-state index in [1.165, 1.54) is 31.4 Å². The van der Waals surface area contributed by atoms with Gasteiger partial charge in [0.1, 0.15) is 17.7 Å². The largest absolute Gasteiger partial charge is 0.497 e. The molecule has 1 N–H and O–H groups in total. The first-order valence-corrected chi connectivity index (χ1v) is 9.45. The highest BCUT2D eigenvalue weighted by molar-refractivity contribution is 5.89. The van der Waals surface area contributed by atoms with Gasteiger partial charge in [0, 0.05) is 5.56 Å². The van der Waals surface area contributed by atoms with Crippen LogP contribution in [0.1, 0.15) is 24.2 Å². The third kappa shape index (κ3) is 2.36. The third-order valence-electron chi connectivity index (χ3n) is 6.31. The van der Waals surface area contributed by atoms with Crippen LogP contribution in [0.15, 0.2) is 48.5 Å². The van der Waals surface area contributed by atoms with Gasteiger partial charge >= 0.3 is 0 Å². The lowest BCUT2D eigenvalue weighted by Crippen LogP contribution is -2.57. The Balaban J connectivity index is 2.03. The molecular formula is C23H17FN4O3. The van der Waals surface area contributed by atoms with Crippen molar-refractivity contribution in [1.82, 2.24) is 0 Å². The van der Waals surface area contributed by atoms with Crippen LogP contribution in [0, 0.1) is 62.0 Å². The Hall–Kier alpha value is -3.93. The summed E-state index contributed by atoms with van der Waals surface area (Å²) >= 11 is 0. The number of hydrogen-bond acceptors (Lipinski definition) is 7. The molecule has 0 aliphatic carbocycles. The molecule has 0 aromatic heterocycles. The molecule has 2 aliphatic heterocycles. The number of fused-ring (bicyclic) bond motifs is 2. The predicted molar refractivity (Wildman–Crippen MR) is 105 cm³/mol. The average Bonchev–Trinajstić information content (AvgIpc) is 2.96. The number of halogens is 1. The number of nitrogens with zero attached hydrogens (tertiary/aromatic N) is 3. The fourth-order valence-electron chi connectivity index (χ4n) is 4.66. The molecule has 4 rings (SSSR count). The summed E-state index contributed by atoms with van der Waals surface area (Å²) in [4.78, 5) is 0. The van der Waals surface area contributed by atoms with Crippen molar-refractivity contribution in [3.05, 3.63) is 65.5 Å². The summed E-state index contributed by atoms with van der Waals surface area (Å²) in [5, 5.41) is 39.2. The Bertz CT molecular complexity index is 1180. The number of nitrogens with one attached hydrogen (secondary N) is 1. The topological polar surface area (TPSA) is 123 Å². The van der Waals surface area contributed by atoms with Gasteiger partial charge in [0.25, 0.3) is 0 Å². The summed E-state index contributed by atoms with van der Waals surface area (Å²) in [6.07, 6.45) is -1.25. The van der Waals surface area contributed by atoms with Crippen molar-refractivity contribution in [2.75, 3.05) is 7.11 Å². The van der Waals surface area contributed by atoms with Gasteiger partial charge in [0.05, 0.1) is 31.2 Å². The molecule has 2 bridgehead atoms. The van der Waals surface area contributed by atoms with Gasteiger partial charge in [-0.05, 0) is 42.0 Å². The molecule has 8 heteroatoms. The molecule has 0 saturated carbocycles. The second kappa shape index (κ2) is 6.80. The van der Waals surface area contributed by atoms with Crippen LogP contribution in [0.4, 0.5) is 4.39 Å². The maximum Gasteiger partial charge on any atom is 0.244 e. The standard InChI is InChI=1S/C23H17FN4O3/c1-14-22(13-27)20(28)31-23(14,16-6-8-17(24)9-7-16)30-19(21(22,11-25)12-26)15-4-3-5-18(10-15)29-2/h3-10,14,19,28H,1-2H3. The van der Waals surface area contributed by atoms with Gasteiger partial charge in [-0.3, -0.25) is 5.41 Å². The van der Waals surface area contributed by atoms with Gasteiger partial charge in [-0.15, -0.1) is 0 Å². The zero-order chi connectivity index (χ0) is 22.4. The van der Waals surface area contributed by atoms with Crippen molar-refractivity contribution < 1.29 is 18.6 Å². The van der Waals surface area contributed by atoms with Crippen molar-refractivity contribution in [3.8, 4) is 24.0 Å². The van der Waals surface area contributed by atoms with Crippen LogP contribution in [-0.4, -0.2) is 13.0 Å². The van der Waals surface area contributed by atoms with E-state index >= 15 is 0 Å². The van der Waals surface area contributed by atoms with E-state index in [1.807, 2.05) is 12.1 Å². The number of hydrogen-bond donors (Lipinski definition) is 1. The summed E-state index contributed by atoms with van der Waals surface area (Å²) in [7, 11) is 1.48. The van der Waals surface area contributed by atoms with E-state index in [2.05, 4.69) is 6.07 Å². The van der Waals surface area contributed by atoms with E-state index in [0.717, 1.165) is 0 Å². The normalized spacial score (nSPS) is 30.4. The number of benzene rings is 2. The highest BCUT2D eigenvalue weighted by atomic mass is 19.1. The highest BCUT2D eigenvalue weighted by Crippen LogP contribution is 2.69. The molecule has 0 spiro atoms. The second-order valence-electron chi connectivity index (χ2n) is 7.55. The van der Waals surface area contributed by atoms with Gasteiger partial charge in [-0.25, -0.2) is 4.39 Å². The van der Waals surface area contributed by atoms with Gasteiger partial charge < -0.3 is 14.2 Å². The third-order valence-corrected chi connectivity index (χ3v) is 6.31. The fourth-order valence-corrected chi connectivity index (χ4v) is 4.66. The SMILES string of the molecule is COc1cccc(C2OC3(c4ccc(F)cc4)OC(=N)C(C#N)(C3C)C2(C#N)C#N)c1. The number of ether oxygens (including phenoxy) is 3. The molecule has 2 saturated heterocycles. The number of nitriles is 3. The van der Waals surface area contributed by atoms with E-state index < -0.39 is 40.4 Å². The van der Waals surface area contributed by atoms with Crippen LogP contribution in [-0.2, 0) is 15.3 Å². The van der Waals surface area contributed by atoms with E-state index in [-0.39, 0.29) is 0 Å². The van der Waals surface area contributed by atoms with Gasteiger partial charge in [0.2, 0.25) is 17.1 Å². The maximum absolute atomic E-state index is 13.6. The second-order valence-corrected chi connectivity index (χ2v) is 7.55. The van der Waals surface area contributed by atoms with Crippen molar-refractivity contribution in [1.29, 1.82) is 21.2 Å². The molecule has 2 aliphatic rings. The van der Waals surface area contributed by atoms with Crippen LogP contribution in [0.5, 0.6) is 5.75 Å². The molecule has 2 aromatic rings. The molecule has 154 valence electrons. The van der Waals surface area contributed by atoms with Crippen LogP contribution in [0.25, 0.3) is 0 Å². The average molecular weight is 416 g/mol. The molecule has 4 unspecified atom stereocenters. The Morgan fingerprint density at radius 2 is 1.74 bits per heavy atom. The summed E-state index contributed by atoms with van der Waals surface area (Å²) in [5.41, 5.74) is -3.21. The highest BCUT2D eigenvalue weighted by Gasteiger charge is 2.79. The van der Waals surface area contributed by atoms with Crippen molar-refractivity contribution in [2.24, 2.45) is 16.7 Å². The van der Waals surface area contributed by atoms with Crippen LogP contribution in [0.3, 0.4) is 0 Å². The zero-order valence-electron chi connectivity index (χ0n) is 16.7. The first-order valence-electron chi connectivity index (χ1n) is 9.45. The lowest BCUT2D eigenvalue weighted by Gasteiger charge is -2.48. The van der Waals surface area contributed by atoms with Gasteiger partial charge in [-0.2, -0.15) is 15.8 Å². The Morgan fingerprint density at radius 1 is 1.06 bits per heavy atom. The first-order chi connectivity index (χ1) is 14.8. The zero-order valence-corrected chi connectivity index (χ0v) is 16.7.